The Balaban J connectivity index is 1.50. The fourth-order valence-corrected chi connectivity index (χ4v) is 3.75. The Labute approximate surface area is 132 Å². The smallest absolute Gasteiger partial charge is 0.107 e. The molecule has 1 unspecified atom stereocenters. The van der Waals surface area contributed by atoms with E-state index < -0.39 is 5.60 Å². The summed E-state index contributed by atoms with van der Waals surface area (Å²) >= 11 is 0. The third-order valence-electron chi connectivity index (χ3n) is 5.17. The molecule has 1 aromatic heterocycles. The number of rotatable bonds is 4. The molecule has 2 aliphatic rings. The molecule has 2 fully saturated rings. The maximum absolute atomic E-state index is 10.8. The lowest BCUT2D eigenvalue weighted by Crippen LogP contribution is -2.45. The van der Waals surface area contributed by atoms with Crippen molar-refractivity contribution in [2.24, 2.45) is 0 Å². The van der Waals surface area contributed by atoms with Gasteiger partial charge in [0.05, 0.1) is 11.8 Å². The highest BCUT2D eigenvalue weighted by atomic mass is 16.3. The van der Waals surface area contributed by atoms with Gasteiger partial charge in [0, 0.05) is 30.9 Å². The van der Waals surface area contributed by atoms with E-state index in [1.54, 1.807) is 6.20 Å². The first-order valence-corrected chi connectivity index (χ1v) is 8.38. The lowest BCUT2D eigenvalue weighted by molar-refractivity contribution is -0.0130. The van der Waals surface area contributed by atoms with Crippen LogP contribution in [-0.2, 0) is 5.60 Å². The van der Waals surface area contributed by atoms with Crippen molar-refractivity contribution < 1.29 is 10.2 Å². The second-order valence-electron chi connectivity index (χ2n) is 6.88. The lowest BCUT2D eigenvalue weighted by atomic mass is 9.79. The third kappa shape index (κ3) is 3.49. The van der Waals surface area contributed by atoms with Crippen molar-refractivity contribution >= 4 is 0 Å². The van der Waals surface area contributed by atoms with Gasteiger partial charge in [-0.15, -0.1) is 0 Å². The number of hydrogen-bond donors (Lipinski definition) is 4. The molecule has 1 saturated heterocycles. The predicted molar refractivity (Wildman–Crippen MR) is 85.4 cm³/mol. The van der Waals surface area contributed by atoms with Crippen LogP contribution in [0.1, 0.15) is 44.7 Å². The van der Waals surface area contributed by atoms with Gasteiger partial charge in [0.15, 0.2) is 0 Å². The van der Waals surface area contributed by atoms with Gasteiger partial charge in [-0.2, -0.15) is 0 Å². The first-order valence-electron chi connectivity index (χ1n) is 8.38. The summed E-state index contributed by atoms with van der Waals surface area (Å²) in [4.78, 5) is 4.32. The molecule has 0 radical (unpaired) electrons. The number of nitrogens with one attached hydrogen (secondary N) is 2. The quantitative estimate of drug-likeness (QED) is 0.665. The summed E-state index contributed by atoms with van der Waals surface area (Å²) in [5.41, 5.74) is 0.0281. The van der Waals surface area contributed by atoms with Crippen molar-refractivity contribution in [1.82, 2.24) is 15.6 Å². The number of aliphatic hydroxyl groups is 2. The van der Waals surface area contributed by atoms with Gasteiger partial charge in [-0.25, -0.2) is 0 Å². The summed E-state index contributed by atoms with van der Waals surface area (Å²) < 4.78 is 0. The Hall–Kier alpha value is -1.01. The monoisotopic (exact) mass is 305 g/mol. The largest absolute Gasteiger partial charge is 0.392 e. The second kappa shape index (κ2) is 6.62. The van der Waals surface area contributed by atoms with Crippen molar-refractivity contribution in [1.29, 1.82) is 0 Å². The van der Waals surface area contributed by atoms with Crippen LogP contribution in [-0.4, -0.2) is 46.0 Å². The molecule has 1 saturated carbocycles. The summed E-state index contributed by atoms with van der Waals surface area (Å²) in [5.74, 6) is 0. The Morgan fingerprint density at radius 2 is 2.09 bits per heavy atom. The first-order chi connectivity index (χ1) is 10.6. The summed E-state index contributed by atoms with van der Waals surface area (Å²) in [6, 6.07) is 6.80. The molecule has 5 nitrogen and oxygen atoms in total. The first kappa shape index (κ1) is 15.9. The molecule has 122 valence electrons. The number of aliphatic hydroxyl groups excluding tert-OH is 1. The summed E-state index contributed by atoms with van der Waals surface area (Å²) in [5, 5.41) is 27.5. The minimum atomic E-state index is -0.768. The van der Waals surface area contributed by atoms with E-state index in [9.17, 15) is 10.2 Å². The summed E-state index contributed by atoms with van der Waals surface area (Å²) in [6.45, 7) is 2.75. The molecule has 1 aliphatic carbocycles. The topological polar surface area (TPSA) is 77.4 Å². The van der Waals surface area contributed by atoms with Crippen LogP contribution in [0.25, 0.3) is 0 Å². The van der Waals surface area contributed by atoms with Crippen molar-refractivity contribution in [2.75, 3.05) is 6.54 Å². The molecule has 3 rings (SSSR count). The minimum absolute atomic E-state index is 0.201. The van der Waals surface area contributed by atoms with Gasteiger partial charge >= 0.3 is 0 Å². The van der Waals surface area contributed by atoms with E-state index in [0.717, 1.165) is 44.3 Å². The molecular formula is C17H27N3O2. The molecule has 0 aromatic carbocycles. The summed E-state index contributed by atoms with van der Waals surface area (Å²) in [7, 11) is 0. The van der Waals surface area contributed by atoms with Gasteiger partial charge in [-0.1, -0.05) is 6.07 Å². The third-order valence-corrected chi connectivity index (χ3v) is 5.17. The fourth-order valence-electron chi connectivity index (χ4n) is 3.75. The molecule has 0 amide bonds. The van der Waals surface area contributed by atoms with Gasteiger partial charge < -0.3 is 20.8 Å². The van der Waals surface area contributed by atoms with Crippen LogP contribution in [0.2, 0.25) is 0 Å². The highest BCUT2D eigenvalue weighted by molar-refractivity contribution is 5.14. The number of nitrogens with zero attached hydrogens (tertiary/aromatic N) is 1. The van der Waals surface area contributed by atoms with Gasteiger partial charge in [-0.05, 0) is 51.2 Å². The van der Waals surface area contributed by atoms with Gasteiger partial charge in [0.2, 0.25) is 0 Å². The SMILES string of the molecule is CC(O)[C@@H]1C[C@H](NC2CCC(O)(c3ccccn3)CC2)CN1. The molecule has 1 aromatic rings. The molecule has 22 heavy (non-hydrogen) atoms. The van der Waals surface area contributed by atoms with E-state index in [4.69, 9.17) is 0 Å². The van der Waals surface area contributed by atoms with Gasteiger partial charge in [0.25, 0.3) is 0 Å². The fraction of sp³-hybridized carbons (Fsp3) is 0.706. The lowest BCUT2D eigenvalue weighted by Gasteiger charge is -2.37. The van der Waals surface area contributed by atoms with E-state index in [1.165, 1.54) is 0 Å². The van der Waals surface area contributed by atoms with Crippen LogP contribution in [0, 0.1) is 0 Å². The van der Waals surface area contributed by atoms with E-state index >= 15 is 0 Å². The zero-order valence-corrected chi connectivity index (χ0v) is 13.2. The van der Waals surface area contributed by atoms with Crippen molar-refractivity contribution in [3.05, 3.63) is 30.1 Å². The van der Waals surface area contributed by atoms with Crippen LogP contribution in [0.15, 0.2) is 24.4 Å². The number of pyridine rings is 1. The zero-order chi connectivity index (χ0) is 15.6. The maximum atomic E-state index is 10.8. The molecule has 1 aliphatic heterocycles. The zero-order valence-electron chi connectivity index (χ0n) is 13.2. The number of aromatic nitrogens is 1. The minimum Gasteiger partial charge on any atom is -0.392 e. The molecule has 4 N–H and O–H groups in total. The predicted octanol–water partition coefficient (Wildman–Crippen LogP) is 0.913. The van der Waals surface area contributed by atoms with E-state index in [2.05, 4.69) is 15.6 Å². The highest BCUT2D eigenvalue weighted by Gasteiger charge is 2.37. The summed E-state index contributed by atoms with van der Waals surface area (Å²) in [6.07, 6.45) is 5.85. The molecule has 5 heteroatoms. The molecule has 2 heterocycles. The van der Waals surface area contributed by atoms with Gasteiger partial charge in [-0.3, -0.25) is 4.98 Å². The van der Waals surface area contributed by atoms with Crippen molar-refractivity contribution in [2.45, 2.75) is 68.9 Å². The normalized spacial score (nSPS) is 37.1. The standard InChI is InChI=1S/C17H27N3O2/c1-12(21)15-10-14(11-19-15)20-13-5-7-17(22,8-6-13)16-4-2-3-9-18-16/h2-4,9,12-15,19-22H,5-8,10-11H2,1H3/t12?,13?,14-,15-,17?/m0/s1. The Morgan fingerprint density at radius 1 is 1.32 bits per heavy atom. The molecule has 0 spiro atoms. The van der Waals surface area contributed by atoms with Crippen LogP contribution in [0.5, 0.6) is 0 Å². The van der Waals surface area contributed by atoms with Crippen molar-refractivity contribution in [3.63, 3.8) is 0 Å². The highest BCUT2D eigenvalue weighted by Crippen LogP contribution is 2.36. The van der Waals surface area contributed by atoms with E-state index in [-0.39, 0.29) is 12.1 Å². The van der Waals surface area contributed by atoms with Crippen LogP contribution in [0.3, 0.4) is 0 Å². The van der Waals surface area contributed by atoms with Gasteiger partial charge in [0.1, 0.15) is 5.60 Å². The van der Waals surface area contributed by atoms with Crippen LogP contribution in [0.4, 0.5) is 0 Å². The Morgan fingerprint density at radius 3 is 2.68 bits per heavy atom. The Kier molecular flexibility index (Phi) is 4.78. The average molecular weight is 305 g/mol. The van der Waals surface area contributed by atoms with Crippen molar-refractivity contribution in [3.8, 4) is 0 Å². The van der Waals surface area contributed by atoms with Crippen LogP contribution < -0.4 is 10.6 Å². The molecular weight excluding hydrogens is 278 g/mol. The number of hydrogen-bond acceptors (Lipinski definition) is 5. The average Bonchev–Trinajstić information content (AvgIpc) is 3.00. The molecule has 0 bridgehead atoms. The van der Waals surface area contributed by atoms with E-state index in [0.29, 0.717) is 12.1 Å². The molecule has 3 atom stereocenters. The van der Waals surface area contributed by atoms with E-state index in [1.807, 2.05) is 25.1 Å². The second-order valence-corrected chi connectivity index (χ2v) is 6.88. The van der Waals surface area contributed by atoms with Crippen LogP contribution >= 0.6 is 0 Å². The Bertz CT molecular complexity index is 472. The maximum Gasteiger partial charge on any atom is 0.107 e.